The van der Waals surface area contributed by atoms with Gasteiger partial charge < -0.3 is 5.73 Å². The summed E-state index contributed by atoms with van der Waals surface area (Å²) in [5.74, 6) is 0.224. The summed E-state index contributed by atoms with van der Waals surface area (Å²) in [5, 5.41) is 3.33. The number of carbonyl (C=O) groups excluding carboxylic acids is 2. The van der Waals surface area contributed by atoms with Crippen molar-refractivity contribution in [3.63, 3.8) is 0 Å². The first-order chi connectivity index (χ1) is 12.8. The summed E-state index contributed by atoms with van der Waals surface area (Å²) in [5.41, 5.74) is 6.22. The fourth-order valence-corrected chi connectivity index (χ4v) is 4.93. The third kappa shape index (κ3) is 4.45. The molecule has 0 saturated heterocycles. The van der Waals surface area contributed by atoms with E-state index < -0.39 is 17.2 Å². The Morgan fingerprint density at radius 3 is 2.52 bits per heavy atom. The van der Waals surface area contributed by atoms with Gasteiger partial charge in [0.2, 0.25) is 5.91 Å². The van der Waals surface area contributed by atoms with Crippen LogP contribution in [0.4, 0.5) is 4.79 Å². The number of urea groups is 1. The molecular formula is C19H20N4O2S2. The third-order valence-corrected chi connectivity index (χ3v) is 6.50. The zero-order valence-electron chi connectivity index (χ0n) is 15.2. The summed E-state index contributed by atoms with van der Waals surface area (Å²) >= 11 is 2.93. The summed E-state index contributed by atoms with van der Waals surface area (Å²) in [7, 11) is 0. The molecular weight excluding hydrogens is 380 g/mol. The van der Waals surface area contributed by atoms with Gasteiger partial charge in [0, 0.05) is 10.3 Å². The number of aromatic nitrogens is 2. The van der Waals surface area contributed by atoms with E-state index in [1.807, 2.05) is 39.0 Å². The van der Waals surface area contributed by atoms with Crippen molar-refractivity contribution in [2.24, 2.45) is 11.7 Å². The highest BCUT2D eigenvalue weighted by atomic mass is 32.2. The Bertz CT molecular complexity index is 986. The molecule has 3 rings (SSSR count). The van der Waals surface area contributed by atoms with Crippen molar-refractivity contribution in [1.29, 1.82) is 0 Å². The number of primary amides is 1. The van der Waals surface area contributed by atoms with Gasteiger partial charge in [0.25, 0.3) is 0 Å². The molecule has 0 saturated carbocycles. The molecule has 0 bridgehead atoms. The molecule has 1 aromatic carbocycles. The number of rotatable bonds is 5. The standard InChI is InChI=1S/C19H20N4O2S2/c1-10(2)15(16(24)23-19(20)25)27-18-13-9-14(12-7-5-4-6-8-12)26-17(13)21-11(3)22-18/h4-10,15H,1-3H3,(H3,20,23,24,25). The number of hydrogen-bond donors (Lipinski definition) is 2. The third-order valence-electron chi connectivity index (χ3n) is 3.88. The minimum Gasteiger partial charge on any atom is -0.351 e. The van der Waals surface area contributed by atoms with Crippen LogP contribution in [-0.4, -0.2) is 27.2 Å². The topological polar surface area (TPSA) is 98.0 Å². The second kappa shape index (κ2) is 8.06. The molecule has 3 N–H and O–H groups in total. The number of nitrogens with two attached hydrogens (primary N) is 1. The second-order valence-electron chi connectivity index (χ2n) is 6.41. The number of nitrogens with zero attached hydrogens (tertiary/aromatic N) is 2. The SMILES string of the molecule is Cc1nc(SC(C(=O)NC(N)=O)C(C)C)c2cc(-c3ccccc3)sc2n1. The van der Waals surface area contributed by atoms with Gasteiger partial charge in [-0.1, -0.05) is 55.9 Å². The van der Waals surface area contributed by atoms with Crippen molar-refractivity contribution >= 4 is 45.3 Å². The largest absolute Gasteiger partial charge is 0.351 e. The van der Waals surface area contributed by atoms with Crippen LogP contribution in [0.5, 0.6) is 0 Å². The van der Waals surface area contributed by atoms with E-state index in [0.717, 1.165) is 25.7 Å². The van der Waals surface area contributed by atoms with Gasteiger partial charge in [-0.2, -0.15) is 0 Å². The second-order valence-corrected chi connectivity index (χ2v) is 8.57. The Labute approximate surface area is 165 Å². The first kappa shape index (κ1) is 19.3. The minimum atomic E-state index is -0.850. The fourth-order valence-electron chi connectivity index (χ4n) is 2.64. The highest BCUT2D eigenvalue weighted by molar-refractivity contribution is 8.00. The number of thiophene rings is 1. The van der Waals surface area contributed by atoms with Crippen molar-refractivity contribution in [2.45, 2.75) is 31.0 Å². The lowest BCUT2D eigenvalue weighted by atomic mass is 10.1. The van der Waals surface area contributed by atoms with Gasteiger partial charge >= 0.3 is 6.03 Å². The molecule has 8 heteroatoms. The lowest BCUT2D eigenvalue weighted by molar-refractivity contribution is -0.120. The quantitative estimate of drug-likeness (QED) is 0.499. The average molecular weight is 401 g/mol. The molecule has 1 unspecified atom stereocenters. The predicted molar refractivity (Wildman–Crippen MR) is 110 cm³/mol. The molecule has 27 heavy (non-hydrogen) atoms. The average Bonchev–Trinajstić information content (AvgIpc) is 3.03. The fraction of sp³-hybridized carbons (Fsp3) is 0.263. The van der Waals surface area contributed by atoms with E-state index in [0.29, 0.717) is 5.82 Å². The van der Waals surface area contributed by atoms with Crippen molar-refractivity contribution in [1.82, 2.24) is 15.3 Å². The number of hydrogen-bond acceptors (Lipinski definition) is 6. The molecule has 3 aromatic rings. The zero-order valence-corrected chi connectivity index (χ0v) is 16.9. The van der Waals surface area contributed by atoms with Crippen LogP contribution in [0.3, 0.4) is 0 Å². The smallest absolute Gasteiger partial charge is 0.318 e. The highest BCUT2D eigenvalue weighted by Crippen LogP contribution is 2.38. The van der Waals surface area contributed by atoms with Crippen LogP contribution >= 0.6 is 23.1 Å². The van der Waals surface area contributed by atoms with Crippen LogP contribution in [0.1, 0.15) is 19.7 Å². The number of thioether (sulfide) groups is 1. The molecule has 2 aromatic heterocycles. The van der Waals surface area contributed by atoms with E-state index in [9.17, 15) is 9.59 Å². The highest BCUT2D eigenvalue weighted by Gasteiger charge is 2.26. The number of imide groups is 1. The molecule has 0 aliphatic heterocycles. The van der Waals surface area contributed by atoms with Crippen LogP contribution < -0.4 is 11.1 Å². The first-order valence-electron chi connectivity index (χ1n) is 8.45. The number of fused-ring (bicyclic) bond motifs is 1. The minimum absolute atomic E-state index is 0.00750. The Hall–Kier alpha value is -2.45. The normalized spacial score (nSPS) is 12.3. The van der Waals surface area contributed by atoms with Crippen molar-refractivity contribution in [2.75, 3.05) is 0 Å². The van der Waals surface area contributed by atoms with Crippen LogP contribution in [0.2, 0.25) is 0 Å². The van der Waals surface area contributed by atoms with Crippen molar-refractivity contribution < 1.29 is 9.59 Å². The van der Waals surface area contributed by atoms with Crippen molar-refractivity contribution in [3.8, 4) is 10.4 Å². The van der Waals surface area contributed by atoms with Gasteiger partial charge in [-0.15, -0.1) is 11.3 Å². The number of benzene rings is 1. The molecule has 2 heterocycles. The molecule has 6 nitrogen and oxygen atoms in total. The summed E-state index contributed by atoms with van der Waals surface area (Å²) in [6.07, 6.45) is 0. The predicted octanol–water partition coefficient (Wildman–Crippen LogP) is 3.98. The molecule has 140 valence electrons. The molecule has 0 aliphatic carbocycles. The van der Waals surface area contributed by atoms with E-state index in [1.54, 1.807) is 11.3 Å². The maximum Gasteiger partial charge on any atom is 0.318 e. The van der Waals surface area contributed by atoms with Crippen LogP contribution in [0.15, 0.2) is 41.4 Å². The molecule has 0 spiro atoms. The lowest BCUT2D eigenvalue weighted by Gasteiger charge is -2.18. The van der Waals surface area contributed by atoms with Gasteiger partial charge in [-0.05, 0) is 24.5 Å². The molecule has 0 aliphatic rings. The van der Waals surface area contributed by atoms with E-state index in [-0.39, 0.29) is 5.92 Å². The Morgan fingerprint density at radius 1 is 1.19 bits per heavy atom. The maximum atomic E-state index is 12.4. The number of carbonyl (C=O) groups is 2. The molecule has 1 atom stereocenters. The number of nitrogens with one attached hydrogen (secondary N) is 1. The lowest BCUT2D eigenvalue weighted by Crippen LogP contribution is -2.42. The van der Waals surface area contributed by atoms with E-state index in [4.69, 9.17) is 5.73 Å². The summed E-state index contributed by atoms with van der Waals surface area (Å²) < 4.78 is 0. The van der Waals surface area contributed by atoms with Crippen molar-refractivity contribution in [3.05, 3.63) is 42.2 Å². The van der Waals surface area contributed by atoms with E-state index >= 15 is 0 Å². The summed E-state index contributed by atoms with van der Waals surface area (Å²) in [6, 6.07) is 11.3. The number of amides is 3. The molecule has 0 fully saturated rings. The van der Waals surface area contributed by atoms with E-state index in [1.165, 1.54) is 11.8 Å². The Balaban J connectivity index is 2.01. The van der Waals surface area contributed by atoms with Gasteiger partial charge in [0.15, 0.2) is 0 Å². The summed E-state index contributed by atoms with van der Waals surface area (Å²) in [4.78, 5) is 34.5. The van der Waals surface area contributed by atoms with Crippen LogP contribution in [0.25, 0.3) is 20.7 Å². The van der Waals surface area contributed by atoms with Crippen LogP contribution in [-0.2, 0) is 4.79 Å². The zero-order chi connectivity index (χ0) is 19.6. The maximum absolute atomic E-state index is 12.4. The van der Waals surface area contributed by atoms with E-state index in [2.05, 4.69) is 33.5 Å². The number of aryl methyl sites for hydroxylation is 1. The van der Waals surface area contributed by atoms with Gasteiger partial charge in [-0.3, -0.25) is 10.1 Å². The van der Waals surface area contributed by atoms with Gasteiger partial charge in [0.05, 0.1) is 5.25 Å². The Morgan fingerprint density at radius 2 is 1.89 bits per heavy atom. The van der Waals surface area contributed by atoms with Gasteiger partial charge in [-0.25, -0.2) is 14.8 Å². The molecule has 0 radical (unpaired) electrons. The van der Waals surface area contributed by atoms with Crippen LogP contribution in [0, 0.1) is 12.8 Å². The Kier molecular flexibility index (Phi) is 5.76. The molecule has 3 amide bonds. The monoisotopic (exact) mass is 400 g/mol. The first-order valence-corrected chi connectivity index (χ1v) is 10.2. The summed E-state index contributed by atoms with van der Waals surface area (Å²) in [6.45, 7) is 5.68. The van der Waals surface area contributed by atoms with Gasteiger partial charge in [0.1, 0.15) is 15.7 Å².